The second-order valence-electron chi connectivity index (χ2n) is 8.22. The first-order valence-corrected chi connectivity index (χ1v) is 9.75. The van der Waals surface area contributed by atoms with E-state index in [9.17, 15) is 9.59 Å². The molecule has 0 bridgehead atoms. The van der Waals surface area contributed by atoms with E-state index < -0.39 is 5.60 Å². The lowest BCUT2D eigenvalue weighted by Crippen LogP contribution is -2.50. The Bertz CT molecular complexity index is 744. The van der Waals surface area contributed by atoms with Crippen LogP contribution in [0.2, 0.25) is 0 Å². The molecule has 9 heteroatoms. The van der Waals surface area contributed by atoms with Crippen LogP contribution in [0, 0.1) is 0 Å². The zero-order valence-electron chi connectivity index (χ0n) is 18.2. The van der Waals surface area contributed by atoms with Crippen LogP contribution in [0.4, 0.5) is 22.0 Å². The van der Waals surface area contributed by atoms with Gasteiger partial charge in [-0.25, -0.2) is 14.8 Å². The van der Waals surface area contributed by atoms with Gasteiger partial charge in [0.25, 0.3) is 0 Å². The van der Waals surface area contributed by atoms with Crippen LogP contribution < -0.4 is 10.2 Å². The molecule has 1 aromatic rings. The molecular formula is C20H32N6O3. The third kappa shape index (κ3) is 6.07. The molecule has 9 nitrogen and oxygen atoms in total. The van der Waals surface area contributed by atoms with Crippen molar-refractivity contribution in [1.82, 2.24) is 14.8 Å². The van der Waals surface area contributed by atoms with Gasteiger partial charge in [0.15, 0.2) is 5.82 Å². The highest BCUT2D eigenvalue weighted by Crippen LogP contribution is 2.35. The van der Waals surface area contributed by atoms with Crippen molar-refractivity contribution in [2.75, 3.05) is 44.4 Å². The van der Waals surface area contributed by atoms with Crippen molar-refractivity contribution in [1.29, 1.82) is 0 Å². The number of aromatic nitrogens is 1. The molecule has 29 heavy (non-hydrogen) atoms. The molecule has 0 spiro atoms. The van der Waals surface area contributed by atoms with Crippen LogP contribution in [-0.2, 0) is 9.53 Å². The van der Waals surface area contributed by atoms with Crippen molar-refractivity contribution < 1.29 is 14.3 Å². The van der Waals surface area contributed by atoms with E-state index in [1.165, 1.54) is 0 Å². The molecule has 1 aliphatic heterocycles. The van der Waals surface area contributed by atoms with E-state index >= 15 is 0 Å². The topological polar surface area (TPSA) is 90.4 Å². The number of ether oxygens (including phenoxy) is 1. The van der Waals surface area contributed by atoms with Crippen molar-refractivity contribution in [2.24, 2.45) is 4.99 Å². The van der Waals surface area contributed by atoms with Crippen LogP contribution in [-0.4, -0.2) is 79.5 Å². The van der Waals surface area contributed by atoms with Gasteiger partial charge < -0.3 is 24.8 Å². The lowest BCUT2D eigenvalue weighted by molar-refractivity contribution is -0.108. The van der Waals surface area contributed by atoms with Crippen molar-refractivity contribution in [3.63, 3.8) is 0 Å². The highest BCUT2D eigenvalue weighted by molar-refractivity contribution is 5.89. The van der Waals surface area contributed by atoms with E-state index in [4.69, 9.17) is 4.74 Å². The maximum atomic E-state index is 12.5. The molecule has 0 aromatic carbocycles. The lowest BCUT2D eigenvalue weighted by Gasteiger charge is -2.38. The highest BCUT2D eigenvalue weighted by Gasteiger charge is 2.31. The molecule has 1 saturated heterocycles. The number of likely N-dealkylation sites (tertiary alicyclic amines) is 1. The fraction of sp³-hybridized carbons (Fsp3) is 0.600. The van der Waals surface area contributed by atoms with Crippen LogP contribution in [0.5, 0.6) is 0 Å². The molecule has 160 valence electrons. The maximum Gasteiger partial charge on any atom is 0.410 e. The molecule has 0 radical (unpaired) electrons. The molecule has 1 atom stereocenters. The molecule has 0 aliphatic carbocycles. The van der Waals surface area contributed by atoms with Gasteiger partial charge in [-0.15, -0.1) is 0 Å². The summed E-state index contributed by atoms with van der Waals surface area (Å²) in [5.74, 6) is 0.491. The molecule has 2 heterocycles. The number of carbonyl (C=O) groups is 2. The summed E-state index contributed by atoms with van der Waals surface area (Å²) >= 11 is 0. The van der Waals surface area contributed by atoms with Crippen LogP contribution in [0.1, 0.15) is 33.6 Å². The van der Waals surface area contributed by atoms with E-state index in [1.54, 1.807) is 35.4 Å². The van der Waals surface area contributed by atoms with Gasteiger partial charge in [-0.05, 0) is 39.7 Å². The Morgan fingerprint density at radius 1 is 1.41 bits per heavy atom. The first-order chi connectivity index (χ1) is 13.7. The van der Waals surface area contributed by atoms with E-state index in [1.807, 2.05) is 39.8 Å². The Labute approximate surface area is 172 Å². The van der Waals surface area contributed by atoms with Crippen molar-refractivity contribution in [3.8, 4) is 0 Å². The Balaban J connectivity index is 2.27. The van der Waals surface area contributed by atoms with Crippen LogP contribution in [0.3, 0.4) is 0 Å². The van der Waals surface area contributed by atoms with Crippen LogP contribution >= 0.6 is 0 Å². The summed E-state index contributed by atoms with van der Waals surface area (Å²) < 4.78 is 5.50. The zero-order chi connectivity index (χ0) is 21.6. The van der Waals surface area contributed by atoms with Gasteiger partial charge in [-0.2, -0.15) is 0 Å². The summed E-state index contributed by atoms with van der Waals surface area (Å²) in [6.45, 7) is 6.56. The smallest absolute Gasteiger partial charge is 0.410 e. The van der Waals surface area contributed by atoms with Crippen molar-refractivity contribution >= 4 is 36.0 Å². The minimum Gasteiger partial charge on any atom is -0.444 e. The summed E-state index contributed by atoms with van der Waals surface area (Å²) in [6.07, 6.45) is 5.32. The second kappa shape index (κ2) is 9.58. The normalized spacial score (nSPS) is 17.2. The number of nitrogens with one attached hydrogen (secondary N) is 1. The third-order valence-electron chi connectivity index (χ3n) is 4.40. The standard InChI is InChI=1S/C20H32N6O3/c1-20(2,3)29-19(28)25-11-7-8-15(12-25)26(14-27)16-9-10-22-18(17(16)21-4)23-13-24(5)6/h9-10,13-15,21H,7-8,11-12H2,1-6H3. The monoisotopic (exact) mass is 404 g/mol. The molecule has 1 aromatic heterocycles. The summed E-state index contributed by atoms with van der Waals surface area (Å²) in [4.78, 5) is 38.4. The number of rotatable bonds is 6. The Morgan fingerprint density at radius 2 is 2.14 bits per heavy atom. The number of anilines is 2. The number of pyridine rings is 1. The van der Waals surface area contributed by atoms with Gasteiger partial charge in [0.1, 0.15) is 11.3 Å². The molecule has 1 fully saturated rings. The first-order valence-electron chi connectivity index (χ1n) is 9.75. The predicted molar refractivity (Wildman–Crippen MR) is 115 cm³/mol. The van der Waals surface area contributed by atoms with Gasteiger partial charge in [0, 0.05) is 40.4 Å². The molecule has 2 amide bonds. The number of piperidine rings is 1. The first kappa shape index (κ1) is 22.4. The number of aliphatic imine (C=N–C) groups is 1. The third-order valence-corrected chi connectivity index (χ3v) is 4.40. The minimum absolute atomic E-state index is 0.158. The summed E-state index contributed by atoms with van der Waals surface area (Å²) in [5, 5.41) is 3.11. The minimum atomic E-state index is -0.557. The SMILES string of the molecule is CNc1c(N(C=O)C2CCCN(C(=O)OC(C)(C)C)C2)ccnc1N=CN(C)C. The summed E-state index contributed by atoms with van der Waals surface area (Å²) in [7, 11) is 5.51. The van der Waals surface area contributed by atoms with E-state index in [0.29, 0.717) is 30.3 Å². The number of amides is 2. The van der Waals surface area contributed by atoms with Gasteiger partial charge in [-0.3, -0.25) is 4.79 Å². The fourth-order valence-corrected chi connectivity index (χ4v) is 3.18. The Kier molecular flexibility index (Phi) is 7.41. The van der Waals surface area contributed by atoms with E-state index in [0.717, 1.165) is 19.3 Å². The lowest BCUT2D eigenvalue weighted by atomic mass is 10.0. The van der Waals surface area contributed by atoms with E-state index in [2.05, 4.69) is 15.3 Å². The zero-order valence-corrected chi connectivity index (χ0v) is 18.2. The van der Waals surface area contributed by atoms with Gasteiger partial charge in [0.05, 0.1) is 18.1 Å². The molecular weight excluding hydrogens is 372 g/mol. The van der Waals surface area contributed by atoms with Gasteiger partial charge in [-0.1, -0.05) is 0 Å². The highest BCUT2D eigenvalue weighted by atomic mass is 16.6. The maximum absolute atomic E-state index is 12.5. The predicted octanol–water partition coefficient (Wildman–Crippen LogP) is 2.71. The van der Waals surface area contributed by atoms with Crippen molar-refractivity contribution in [2.45, 2.75) is 45.3 Å². The van der Waals surface area contributed by atoms with Gasteiger partial charge in [0.2, 0.25) is 6.41 Å². The largest absolute Gasteiger partial charge is 0.444 e. The molecule has 1 aliphatic rings. The Hall–Kier alpha value is -2.84. The summed E-state index contributed by atoms with van der Waals surface area (Å²) in [5.41, 5.74) is 0.782. The summed E-state index contributed by atoms with van der Waals surface area (Å²) in [6, 6.07) is 1.62. The number of hydrogen-bond acceptors (Lipinski definition) is 6. The Morgan fingerprint density at radius 3 is 2.72 bits per heavy atom. The second-order valence-corrected chi connectivity index (χ2v) is 8.22. The van der Waals surface area contributed by atoms with E-state index in [-0.39, 0.29) is 12.1 Å². The number of carbonyl (C=O) groups excluding carboxylic acids is 2. The van der Waals surface area contributed by atoms with Gasteiger partial charge >= 0.3 is 6.09 Å². The molecule has 1 N–H and O–H groups in total. The van der Waals surface area contributed by atoms with Crippen molar-refractivity contribution in [3.05, 3.63) is 12.3 Å². The average Bonchev–Trinajstić information content (AvgIpc) is 2.66. The quantitative estimate of drug-likeness (QED) is 0.445. The number of nitrogens with zero attached hydrogens (tertiary/aromatic N) is 5. The fourth-order valence-electron chi connectivity index (χ4n) is 3.18. The number of hydrogen-bond donors (Lipinski definition) is 1. The molecule has 1 unspecified atom stereocenters. The molecule has 2 rings (SSSR count). The van der Waals surface area contributed by atoms with Crippen LogP contribution in [0.15, 0.2) is 17.3 Å². The molecule has 0 saturated carbocycles. The van der Waals surface area contributed by atoms with Crippen LogP contribution in [0.25, 0.3) is 0 Å². The average molecular weight is 405 g/mol.